The average molecular weight is 348 g/mol. The molecule has 0 fully saturated rings. The van der Waals surface area contributed by atoms with E-state index in [9.17, 15) is 0 Å². The summed E-state index contributed by atoms with van der Waals surface area (Å²) in [7, 11) is 1.58. The van der Waals surface area contributed by atoms with Crippen molar-refractivity contribution >= 4 is 15.9 Å². The van der Waals surface area contributed by atoms with Crippen LogP contribution in [0.25, 0.3) is 0 Å². The summed E-state index contributed by atoms with van der Waals surface area (Å²) in [6, 6.07) is 14.8. The van der Waals surface area contributed by atoms with Crippen LogP contribution in [0.3, 0.4) is 0 Å². The van der Waals surface area contributed by atoms with Crippen molar-refractivity contribution in [3.8, 4) is 17.6 Å². The second-order valence-electron chi connectivity index (χ2n) is 4.22. The molecule has 4 nitrogen and oxygen atoms in total. The van der Waals surface area contributed by atoms with Gasteiger partial charge in [-0.2, -0.15) is 5.26 Å². The molecule has 108 valence electrons. The summed E-state index contributed by atoms with van der Waals surface area (Å²) in [5, 5.41) is 9.07. The number of para-hydroxylation sites is 1. The monoisotopic (exact) mass is 347 g/mol. The van der Waals surface area contributed by atoms with Gasteiger partial charge in [0.1, 0.15) is 24.4 Å². The van der Waals surface area contributed by atoms with Gasteiger partial charge < -0.3 is 14.2 Å². The SMILES string of the molecule is COCOCc1cc(Oc2ccccc2C#N)ccc1Br. The summed E-state index contributed by atoms with van der Waals surface area (Å²) in [4.78, 5) is 0. The lowest BCUT2D eigenvalue weighted by Crippen LogP contribution is -1.98. The third-order valence-electron chi connectivity index (χ3n) is 2.71. The summed E-state index contributed by atoms with van der Waals surface area (Å²) in [6.07, 6.45) is 0. The topological polar surface area (TPSA) is 51.5 Å². The van der Waals surface area contributed by atoms with Crippen molar-refractivity contribution in [3.63, 3.8) is 0 Å². The van der Waals surface area contributed by atoms with Crippen molar-refractivity contribution in [2.24, 2.45) is 0 Å². The summed E-state index contributed by atoms with van der Waals surface area (Å²) >= 11 is 3.47. The van der Waals surface area contributed by atoms with E-state index in [2.05, 4.69) is 22.0 Å². The van der Waals surface area contributed by atoms with Crippen molar-refractivity contribution in [1.82, 2.24) is 0 Å². The lowest BCUT2D eigenvalue weighted by molar-refractivity contribution is -0.0392. The number of methoxy groups -OCH3 is 1. The van der Waals surface area contributed by atoms with Crippen LogP contribution in [-0.4, -0.2) is 13.9 Å². The highest BCUT2D eigenvalue weighted by Crippen LogP contribution is 2.28. The van der Waals surface area contributed by atoms with E-state index >= 15 is 0 Å². The van der Waals surface area contributed by atoms with Crippen LogP contribution in [0.2, 0.25) is 0 Å². The van der Waals surface area contributed by atoms with Crippen LogP contribution in [0.4, 0.5) is 0 Å². The number of ether oxygens (including phenoxy) is 3. The first kappa shape index (κ1) is 15.5. The zero-order valence-electron chi connectivity index (χ0n) is 11.5. The van der Waals surface area contributed by atoms with Crippen LogP contribution in [0, 0.1) is 11.3 Å². The van der Waals surface area contributed by atoms with Gasteiger partial charge in [-0.15, -0.1) is 0 Å². The van der Waals surface area contributed by atoms with Crippen LogP contribution in [0.15, 0.2) is 46.9 Å². The number of hydrogen-bond donors (Lipinski definition) is 0. The van der Waals surface area contributed by atoms with E-state index in [0.29, 0.717) is 23.7 Å². The first-order valence-electron chi connectivity index (χ1n) is 6.26. The maximum atomic E-state index is 9.07. The zero-order valence-corrected chi connectivity index (χ0v) is 13.1. The maximum absolute atomic E-state index is 9.07. The molecule has 0 N–H and O–H groups in total. The van der Waals surface area contributed by atoms with Crippen LogP contribution in [-0.2, 0) is 16.1 Å². The molecule has 5 heteroatoms. The van der Waals surface area contributed by atoms with Gasteiger partial charge in [-0.05, 0) is 35.9 Å². The van der Waals surface area contributed by atoms with Crippen LogP contribution < -0.4 is 4.74 Å². The minimum Gasteiger partial charge on any atom is -0.456 e. The van der Waals surface area contributed by atoms with Crippen molar-refractivity contribution in [2.75, 3.05) is 13.9 Å². The van der Waals surface area contributed by atoms with Gasteiger partial charge in [-0.25, -0.2) is 0 Å². The summed E-state index contributed by atoms with van der Waals surface area (Å²) < 4.78 is 16.9. The number of hydrogen-bond acceptors (Lipinski definition) is 4. The minimum absolute atomic E-state index is 0.231. The predicted molar refractivity (Wildman–Crippen MR) is 82.0 cm³/mol. The highest BCUT2D eigenvalue weighted by molar-refractivity contribution is 9.10. The Morgan fingerprint density at radius 1 is 1.19 bits per heavy atom. The normalized spacial score (nSPS) is 10.1. The standard InChI is InChI=1S/C16H14BrNO3/c1-19-11-20-10-13-8-14(6-7-15(13)17)21-16-5-3-2-4-12(16)9-18/h2-8H,10-11H2,1H3. The largest absolute Gasteiger partial charge is 0.456 e. The Morgan fingerprint density at radius 3 is 2.76 bits per heavy atom. The number of rotatable bonds is 6. The Balaban J connectivity index is 2.17. The molecule has 0 heterocycles. The number of nitrogens with zero attached hydrogens (tertiary/aromatic N) is 1. The van der Waals surface area contributed by atoms with E-state index < -0.39 is 0 Å². The Morgan fingerprint density at radius 2 is 2.00 bits per heavy atom. The summed E-state index contributed by atoms with van der Waals surface area (Å²) in [5.41, 5.74) is 1.44. The fourth-order valence-electron chi connectivity index (χ4n) is 1.74. The van der Waals surface area contributed by atoms with Crippen molar-refractivity contribution < 1.29 is 14.2 Å². The number of nitriles is 1. The molecule has 0 radical (unpaired) electrons. The second kappa shape index (κ2) is 7.79. The molecule has 0 amide bonds. The smallest absolute Gasteiger partial charge is 0.146 e. The molecule has 21 heavy (non-hydrogen) atoms. The molecule has 0 aliphatic rings. The Kier molecular flexibility index (Phi) is 5.76. The quantitative estimate of drug-likeness (QED) is 0.579. The molecule has 0 bridgehead atoms. The molecule has 0 aliphatic carbocycles. The molecule has 0 saturated carbocycles. The van der Waals surface area contributed by atoms with Gasteiger partial charge in [-0.3, -0.25) is 0 Å². The Bertz CT molecular complexity index is 652. The van der Waals surface area contributed by atoms with E-state index in [0.717, 1.165) is 10.0 Å². The molecule has 2 rings (SSSR count). The number of halogens is 1. The second-order valence-corrected chi connectivity index (χ2v) is 5.07. The third kappa shape index (κ3) is 4.30. The highest BCUT2D eigenvalue weighted by atomic mass is 79.9. The van der Waals surface area contributed by atoms with Crippen molar-refractivity contribution in [2.45, 2.75) is 6.61 Å². The minimum atomic E-state index is 0.231. The van der Waals surface area contributed by atoms with Gasteiger partial charge in [0.05, 0.1) is 12.2 Å². The fourth-order valence-corrected chi connectivity index (χ4v) is 2.10. The summed E-state index contributed by atoms with van der Waals surface area (Å²) in [6.45, 7) is 0.639. The first-order chi connectivity index (χ1) is 10.2. The van der Waals surface area contributed by atoms with Crippen molar-refractivity contribution in [1.29, 1.82) is 5.26 Å². The van der Waals surface area contributed by atoms with E-state index in [-0.39, 0.29) is 6.79 Å². The molecular formula is C16H14BrNO3. The molecule has 0 aliphatic heterocycles. The van der Waals surface area contributed by atoms with E-state index in [1.807, 2.05) is 24.3 Å². The van der Waals surface area contributed by atoms with Gasteiger partial charge in [-0.1, -0.05) is 28.1 Å². The molecule has 0 saturated heterocycles. The van der Waals surface area contributed by atoms with Gasteiger partial charge >= 0.3 is 0 Å². The molecule has 2 aromatic rings. The molecular weight excluding hydrogens is 334 g/mol. The molecule has 2 aromatic carbocycles. The van der Waals surface area contributed by atoms with Crippen LogP contribution >= 0.6 is 15.9 Å². The van der Waals surface area contributed by atoms with Gasteiger partial charge in [0.2, 0.25) is 0 Å². The third-order valence-corrected chi connectivity index (χ3v) is 3.48. The first-order valence-corrected chi connectivity index (χ1v) is 7.06. The van der Waals surface area contributed by atoms with Gasteiger partial charge in [0.15, 0.2) is 0 Å². The Labute approximate surface area is 132 Å². The zero-order chi connectivity index (χ0) is 15.1. The average Bonchev–Trinajstić information content (AvgIpc) is 2.51. The molecule has 0 atom stereocenters. The lowest BCUT2D eigenvalue weighted by Gasteiger charge is -2.10. The van der Waals surface area contributed by atoms with E-state index in [1.54, 1.807) is 25.3 Å². The van der Waals surface area contributed by atoms with Gasteiger partial charge in [0.25, 0.3) is 0 Å². The van der Waals surface area contributed by atoms with Crippen molar-refractivity contribution in [3.05, 3.63) is 58.1 Å². The highest BCUT2D eigenvalue weighted by Gasteiger charge is 2.07. The molecule has 0 aromatic heterocycles. The lowest BCUT2D eigenvalue weighted by atomic mass is 10.2. The molecule has 0 spiro atoms. The fraction of sp³-hybridized carbons (Fsp3) is 0.188. The number of benzene rings is 2. The summed E-state index contributed by atoms with van der Waals surface area (Å²) in [5.74, 6) is 1.18. The Hall–Kier alpha value is -1.87. The van der Waals surface area contributed by atoms with E-state index in [4.69, 9.17) is 19.5 Å². The van der Waals surface area contributed by atoms with Gasteiger partial charge in [0, 0.05) is 11.6 Å². The van der Waals surface area contributed by atoms with Crippen LogP contribution in [0.5, 0.6) is 11.5 Å². The predicted octanol–water partition coefficient (Wildman–Crippen LogP) is 4.23. The maximum Gasteiger partial charge on any atom is 0.146 e. The molecule has 0 unspecified atom stereocenters. The van der Waals surface area contributed by atoms with Crippen LogP contribution in [0.1, 0.15) is 11.1 Å². The van der Waals surface area contributed by atoms with E-state index in [1.165, 1.54) is 0 Å².